The summed E-state index contributed by atoms with van der Waals surface area (Å²) in [5.41, 5.74) is -1.03. The zero-order valence-electron chi connectivity index (χ0n) is 26.9. The molecule has 6 rings (SSSR count). The number of nitrogens with one attached hydrogen (secondary N) is 2. The Bertz CT molecular complexity index is 2130. The van der Waals surface area contributed by atoms with Gasteiger partial charge in [-0.2, -0.15) is 0 Å². The Morgan fingerprint density at radius 1 is 1.04 bits per heavy atom. The van der Waals surface area contributed by atoms with E-state index in [0.717, 1.165) is 23.2 Å². The van der Waals surface area contributed by atoms with E-state index in [9.17, 15) is 23.6 Å². The molecule has 1 aliphatic heterocycles. The molecule has 5 aromatic rings. The lowest BCUT2D eigenvalue weighted by atomic mass is 10.2. The molecule has 2 amide bonds. The predicted molar refractivity (Wildman–Crippen MR) is 178 cm³/mol. The summed E-state index contributed by atoms with van der Waals surface area (Å²) < 4.78 is 27.4. The Morgan fingerprint density at radius 3 is 2.55 bits per heavy atom. The van der Waals surface area contributed by atoms with Crippen LogP contribution in [-0.2, 0) is 4.74 Å². The molecule has 14 nitrogen and oxygen atoms in total. The monoisotopic (exact) mass is 668 g/mol. The van der Waals surface area contributed by atoms with E-state index in [4.69, 9.17) is 9.47 Å². The minimum absolute atomic E-state index is 0.112. The van der Waals surface area contributed by atoms with Crippen LogP contribution in [0.5, 0.6) is 11.5 Å². The maximum atomic E-state index is 13.5. The van der Waals surface area contributed by atoms with Crippen LogP contribution in [0.15, 0.2) is 82.9 Å². The molecule has 252 valence electrons. The summed E-state index contributed by atoms with van der Waals surface area (Å²) >= 11 is 0. The van der Waals surface area contributed by atoms with Crippen molar-refractivity contribution in [2.24, 2.45) is 0 Å². The number of ether oxygens (including phenoxy) is 2. The molecule has 1 saturated heterocycles. The van der Waals surface area contributed by atoms with Crippen LogP contribution in [-0.4, -0.2) is 80.2 Å². The predicted octanol–water partition coefficient (Wildman–Crippen LogP) is 3.16. The van der Waals surface area contributed by atoms with E-state index in [-0.39, 0.29) is 40.8 Å². The van der Waals surface area contributed by atoms with Crippen molar-refractivity contribution in [3.8, 4) is 17.2 Å². The number of hydrogen-bond donors (Lipinski definition) is 2. The summed E-state index contributed by atoms with van der Waals surface area (Å²) in [7, 11) is 2.00. The number of aromatic nitrogens is 5. The van der Waals surface area contributed by atoms with Crippen LogP contribution in [0.2, 0.25) is 0 Å². The van der Waals surface area contributed by atoms with Gasteiger partial charge in [-0.3, -0.25) is 23.9 Å². The maximum absolute atomic E-state index is 13.5. The highest BCUT2D eigenvalue weighted by molar-refractivity contribution is 6.03. The van der Waals surface area contributed by atoms with Gasteiger partial charge in [0.25, 0.3) is 17.4 Å². The highest BCUT2D eigenvalue weighted by Gasteiger charge is 2.22. The van der Waals surface area contributed by atoms with Crippen LogP contribution in [0.3, 0.4) is 0 Å². The second-order valence-corrected chi connectivity index (χ2v) is 11.7. The third-order valence-corrected chi connectivity index (χ3v) is 7.86. The number of likely N-dealkylation sites (N-methyl/N-ethyl adjacent to an activating group) is 1. The molecule has 15 heteroatoms. The van der Waals surface area contributed by atoms with E-state index in [2.05, 4.69) is 30.5 Å². The molecule has 1 atom stereocenters. The molecule has 0 saturated carbocycles. The van der Waals surface area contributed by atoms with Crippen LogP contribution < -0.4 is 26.6 Å². The van der Waals surface area contributed by atoms with Crippen LogP contribution >= 0.6 is 0 Å². The number of halogens is 1. The maximum Gasteiger partial charge on any atom is 0.335 e. The number of morpholine rings is 1. The summed E-state index contributed by atoms with van der Waals surface area (Å²) in [6, 6.07) is 10.7. The third kappa shape index (κ3) is 7.37. The Morgan fingerprint density at radius 2 is 1.84 bits per heavy atom. The van der Waals surface area contributed by atoms with Crippen LogP contribution in [0.4, 0.5) is 10.2 Å². The standard InChI is InChI=1S/C34H33FN8O6/c1-20(2)42-19-26(33(46)43(34(42)47)22-6-4-21(35)5-7-22)31(44)40-30-9-8-23(15-38-30)49-29-10-11-36-28-17-37-27(14-25(28)29)32(45)39-16-24-18-41(3)12-13-48-24/h4-11,14-15,17,19-20,24H,12-13,16,18H2,1-3H3,(H,39,45)(H,38,40,44). The van der Waals surface area contributed by atoms with E-state index in [1.54, 1.807) is 38.2 Å². The minimum atomic E-state index is -0.868. The molecule has 0 spiro atoms. The van der Waals surface area contributed by atoms with Gasteiger partial charge in [0.1, 0.15) is 34.4 Å². The lowest BCUT2D eigenvalue weighted by molar-refractivity contribution is -0.0175. The van der Waals surface area contributed by atoms with E-state index >= 15 is 0 Å². The first kappa shape index (κ1) is 33.1. The fraction of sp³-hybridized carbons (Fsp3) is 0.265. The number of carbonyl (C=O) groups is 2. The molecule has 2 N–H and O–H groups in total. The fourth-order valence-corrected chi connectivity index (χ4v) is 5.27. The second-order valence-electron chi connectivity index (χ2n) is 11.7. The van der Waals surface area contributed by atoms with Gasteiger partial charge in [0.2, 0.25) is 0 Å². The van der Waals surface area contributed by atoms with Crippen molar-refractivity contribution < 1.29 is 23.5 Å². The van der Waals surface area contributed by atoms with Gasteiger partial charge in [-0.25, -0.2) is 23.7 Å². The molecule has 1 aromatic carbocycles. The Labute approximate surface area is 279 Å². The molecule has 0 bridgehead atoms. The highest BCUT2D eigenvalue weighted by atomic mass is 19.1. The Balaban J connectivity index is 1.18. The number of anilines is 1. The number of rotatable bonds is 9. The molecule has 0 radical (unpaired) electrons. The number of nitrogens with zero attached hydrogens (tertiary/aromatic N) is 6. The van der Waals surface area contributed by atoms with Crippen LogP contribution in [0.1, 0.15) is 40.7 Å². The molecule has 1 aliphatic rings. The summed E-state index contributed by atoms with van der Waals surface area (Å²) in [5.74, 6) is -0.860. The molecule has 4 aromatic heterocycles. The molecule has 0 aliphatic carbocycles. The normalized spacial score (nSPS) is 14.9. The van der Waals surface area contributed by atoms with E-state index < -0.39 is 23.0 Å². The minimum Gasteiger partial charge on any atom is -0.455 e. The molecular weight excluding hydrogens is 635 g/mol. The smallest absolute Gasteiger partial charge is 0.335 e. The first-order chi connectivity index (χ1) is 23.6. The van der Waals surface area contributed by atoms with E-state index in [0.29, 0.717) is 42.1 Å². The quantitative estimate of drug-likeness (QED) is 0.239. The van der Waals surface area contributed by atoms with Crippen molar-refractivity contribution >= 4 is 28.5 Å². The topological polar surface area (TPSA) is 163 Å². The summed E-state index contributed by atoms with van der Waals surface area (Å²) in [4.78, 5) is 67.6. The number of carbonyl (C=O) groups excluding carboxylic acids is 2. The first-order valence-electron chi connectivity index (χ1n) is 15.5. The van der Waals surface area contributed by atoms with Gasteiger partial charge in [0.15, 0.2) is 0 Å². The number of pyridine rings is 3. The zero-order chi connectivity index (χ0) is 34.7. The lowest BCUT2D eigenvalue weighted by Gasteiger charge is -2.30. The highest BCUT2D eigenvalue weighted by Crippen LogP contribution is 2.29. The van der Waals surface area contributed by atoms with Gasteiger partial charge in [-0.15, -0.1) is 0 Å². The Kier molecular flexibility index (Phi) is 9.55. The molecule has 1 unspecified atom stereocenters. The third-order valence-electron chi connectivity index (χ3n) is 7.86. The molecular formula is C34H33FN8O6. The average Bonchev–Trinajstić information content (AvgIpc) is 3.08. The van der Waals surface area contributed by atoms with Gasteiger partial charge < -0.3 is 25.0 Å². The SMILES string of the molecule is CC(C)n1cc(C(=O)Nc2ccc(Oc3ccnc4cnc(C(=O)NCC5CN(C)CCO5)cc34)cn2)c(=O)n(-c2ccc(F)cc2)c1=O. The van der Waals surface area contributed by atoms with Crippen molar-refractivity contribution in [2.45, 2.75) is 26.0 Å². The van der Waals surface area contributed by atoms with Crippen molar-refractivity contribution in [2.75, 3.05) is 38.6 Å². The van der Waals surface area contributed by atoms with E-state index in [1.807, 2.05) is 7.05 Å². The van der Waals surface area contributed by atoms with Gasteiger partial charge in [0.05, 0.1) is 36.3 Å². The average molecular weight is 669 g/mol. The lowest BCUT2D eigenvalue weighted by Crippen LogP contribution is -2.46. The molecule has 1 fully saturated rings. The second kappa shape index (κ2) is 14.1. The Hall–Kier alpha value is -5.80. The van der Waals surface area contributed by atoms with Gasteiger partial charge in [-0.05, 0) is 69.4 Å². The van der Waals surface area contributed by atoms with Crippen molar-refractivity contribution in [3.05, 3.63) is 111 Å². The summed E-state index contributed by atoms with van der Waals surface area (Å²) in [6.07, 6.45) is 5.50. The fourth-order valence-electron chi connectivity index (χ4n) is 5.27. The first-order valence-corrected chi connectivity index (χ1v) is 15.5. The summed E-state index contributed by atoms with van der Waals surface area (Å²) in [5, 5.41) is 6.00. The number of amides is 2. The van der Waals surface area contributed by atoms with Gasteiger partial charge in [-0.1, -0.05) is 0 Å². The van der Waals surface area contributed by atoms with E-state index in [1.165, 1.54) is 41.4 Å². The van der Waals surface area contributed by atoms with Gasteiger partial charge >= 0.3 is 5.69 Å². The summed E-state index contributed by atoms with van der Waals surface area (Å²) in [6.45, 7) is 5.97. The van der Waals surface area contributed by atoms with Crippen molar-refractivity contribution in [1.29, 1.82) is 0 Å². The number of fused-ring (bicyclic) bond motifs is 1. The number of hydrogen-bond acceptors (Lipinski definition) is 10. The van der Waals surface area contributed by atoms with Gasteiger partial charge in [0, 0.05) is 43.5 Å². The van der Waals surface area contributed by atoms with Crippen molar-refractivity contribution in [1.82, 2.24) is 34.3 Å². The van der Waals surface area contributed by atoms with Crippen LogP contribution in [0.25, 0.3) is 16.6 Å². The largest absolute Gasteiger partial charge is 0.455 e. The molecule has 49 heavy (non-hydrogen) atoms. The molecule has 5 heterocycles. The number of benzene rings is 1. The van der Waals surface area contributed by atoms with Crippen molar-refractivity contribution in [3.63, 3.8) is 0 Å². The zero-order valence-corrected chi connectivity index (χ0v) is 26.9. The van der Waals surface area contributed by atoms with Crippen LogP contribution in [0, 0.1) is 5.82 Å².